The molecule has 1 aromatic carbocycles. The molecule has 6 nitrogen and oxygen atoms in total. The molecule has 1 aliphatic carbocycles. The van der Waals surface area contributed by atoms with Crippen LogP contribution in [0.5, 0.6) is 5.75 Å². The summed E-state index contributed by atoms with van der Waals surface area (Å²) in [5, 5.41) is 14.8. The molecule has 1 fully saturated rings. The summed E-state index contributed by atoms with van der Waals surface area (Å²) in [6, 6.07) is 4.68. The molecule has 0 atom stereocenters. The molecule has 0 saturated carbocycles. The number of aromatic amines is 1. The van der Waals surface area contributed by atoms with Gasteiger partial charge in [0.05, 0.1) is 23.2 Å². The van der Waals surface area contributed by atoms with Crippen molar-refractivity contribution in [2.24, 2.45) is 0 Å². The van der Waals surface area contributed by atoms with Gasteiger partial charge < -0.3 is 21.1 Å². The number of benzene rings is 1. The lowest BCUT2D eigenvalue weighted by molar-refractivity contribution is 0.243. The van der Waals surface area contributed by atoms with Crippen molar-refractivity contribution in [3.63, 3.8) is 0 Å². The molecular formula is C19H27N5O. The summed E-state index contributed by atoms with van der Waals surface area (Å²) >= 11 is 0. The van der Waals surface area contributed by atoms with Gasteiger partial charge in [-0.2, -0.15) is 5.10 Å². The molecule has 2 aromatic rings. The molecule has 5 N–H and O–H groups in total. The second-order valence-electron chi connectivity index (χ2n) is 7.32. The Labute approximate surface area is 148 Å². The molecule has 0 bridgehead atoms. The van der Waals surface area contributed by atoms with Crippen LogP contribution >= 0.6 is 0 Å². The van der Waals surface area contributed by atoms with Crippen molar-refractivity contribution in [2.45, 2.75) is 51.8 Å². The van der Waals surface area contributed by atoms with Crippen molar-refractivity contribution in [3.8, 4) is 17.0 Å². The van der Waals surface area contributed by atoms with Crippen LogP contribution in [0.15, 0.2) is 12.1 Å². The number of aromatic nitrogens is 2. The number of fused-ring (bicyclic) bond motifs is 3. The van der Waals surface area contributed by atoms with Gasteiger partial charge >= 0.3 is 0 Å². The van der Waals surface area contributed by atoms with Gasteiger partial charge in [-0.3, -0.25) is 5.10 Å². The predicted octanol–water partition coefficient (Wildman–Crippen LogP) is 2.19. The summed E-state index contributed by atoms with van der Waals surface area (Å²) in [6.45, 7) is 7.04. The monoisotopic (exact) mass is 341 g/mol. The molecule has 4 rings (SSSR count). The van der Waals surface area contributed by atoms with Crippen LogP contribution < -0.4 is 21.1 Å². The van der Waals surface area contributed by atoms with E-state index in [9.17, 15) is 0 Å². The Morgan fingerprint density at radius 1 is 1.32 bits per heavy atom. The van der Waals surface area contributed by atoms with Gasteiger partial charge in [-0.25, -0.2) is 0 Å². The Balaban J connectivity index is 1.52. The average Bonchev–Trinajstić information content (AvgIpc) is 3.13. The topological polar surface area (TPSA) is 88.0 Å². The lowest BCUT2D eigenvalue weighted by atomic mass is 10.1. The van der Waals surface area contributed by atoms with Crippen LogP contribution in [0.25, 0.3) is 11.3 Å². The smallest absolute Gasteiger partial charge is 0.142 e. The maximum atomic E-state index is 6.18. The van der Waals surface area contributed by atoms with Crippen LogP contribution in [-0.4, -0.2) is 35.4 Å². The molecule has 1 aliphatic heterocycles. The predicted molar refractivity (Wildman–Crippen MR) is 99.7 cm³/mol. The highest BCUT2D eigenvalue weighted by atomic mass is 16.5. The number of rotatable bonds is 5. The number of hydrogen-bond acceptors (Lipinski definition) is 5. The first kappa shape index (κ1) is 16.4. The molecule has 2 heterocycles. The Morgan fingerprint density at radius 3 is 2.88 bits per heavy atom. The lowest BCUT2D eigenvalue weighted by Crippen LogP contribution is -2.39. The molecule has 0 spiro atoms. The minimum atomic E-state index is 0.117. The van der Waals surface area contributed by atoms with Crippen molar-refractivity contribution in [1.29, 1.82) is 0 Å². The zero-order valence-electron chi connectivity index (χ0n) is 15.0. The third-order valence-electron chi connectivity index (χ3n) is 5.08. The molecule has 0 unspecified atom stereocenters. The highest BCUT2D eigenvalue weighted by Gasteiger charge is 2.26. The largest absolute Gasteiger partial charge is 0.489 e. The number of H-pyrrole nitrogens is 1. The molecule has 25 heavy (non-hydrogen) atoms. The van der Waals surface area contributed by atoms with E-state index in [0.717, 1.165) is 48.8 Å². The van der Waals surface area contributed by atoms with E-state index in [4.69, 9.17) is 10.5 Å². The molecule has 0 radical (unpaired) electrons. The number of nitrogens with zero attached hydrogens (tertiary/aromatic N) is 1. The van der Waals surface area contributed by atoms with Crippen molar-refractivity contribution in [1.82, 2.24) is 20.8 Å². The van der Waals surface area contributed by atoms with E-state index >= 15 is 0 Å². The van der Waals surface area contributed by atoms with E-state index in [-0.39, 0.29) is 6.10 Å². The Morgan fingerprint density at radius 2 is 2.12 bits per heavy atom. The second-order valence-corrected chi connectivity index (χ2v) is 7.32. The van der Waals surface area contributed by atoms with E-state index in [2.05, 4.69) is 26.9 Å². The summed E-state index contributed by atoms with van der Waals surface area (Å²) in [5.41, 5.74) is 12.8. The second kappa shape index (κ2) is 6.69. The summed E-state index contributed by atoms with van der Waals surface area (Å²) in [6.07, 6.45) is 3.36. The van der Waals surface area contributed by atoms with E-state index in [1.165, 1.54) is 24.0 Å². The van der Waals surface area contributed by atoms with Crippen molar-refractivity contribution >= 4 is 5.69 Å². The van der Waals surface area contributed by atoms with Crippen LogP contribution in [0.2, 0.25) is 0 Å². The van der Waals surface area contributed by atoms with Crippen LogP contribution in [0.1, 0.15) is 43.5 Å². The summed E-state index contributed by atoms with van der Waals surface area (Å²) in [7, 11) is 0. The van der Waals surface area contributed by atoms with Crippen LogP contribution in [-0.2, 0) is 13.0 Å². The fraction of sp³-hybridized carbons (Fsp3) is 0.526. The van der Waals surface area contributed by atoms with Crippen molar-refractivity contribution in [3.05, 3.63) is 29.0 Å². The standard InChI is InChI=1S/C19H27N5O/c1-11(2)25-18-8-12-7-15-17(10-22-13-3-5-21-6-4-13)23-24-19(15)14(12)9-16(18)20/h8-9,11,13,21-22H,3-7,10,20H2,1-2H3,(H,23,24). The first-order chi connectivity index (χ1) is 12.1. The highest BCUT2D eigenvalue weighted by molar-refractivity contribution is 5.79. The molecule has 1 aromatic heterocycles. The lowest BCUT2D eigenvalue weighted by Gasteiger charge is -2.23. The molecule has 6 heteroatoms. The van der Waals surface area contributed by atoms with Gasteiger partial charge in [0.15, 0.2) is 0 Å². The Kier molecular flexibility index (Phi) is 4.39. The normalized spacial score (nSPS) is 16.9. The summed E-state index contributed by atoms with van der Waals surface area (Å²) in [5.74, 6) is 0.779. The maximum absolute atomic E-state index is 6.18. The Bertz CT molecular complexity index is 761. The highest BCUT2D eigenvalue weighted by Crippen LogP contribution is 2.41. The van der Waals surface area contributed by atoms with E-state index in [1.807, 2.05) is 19.9 Å². The number of ether oxygens (including phenoxy) is 1. The van der Waals surface area contributed by atoms with Gasteiger partial charge in [-0.05, 0) is 57.5 Å². The van der Waals surface area contributed by atoms with Crippen molar-refractivity contribution in [2.75, 3.05) is 18.8 Å². The van der Waals surface area contributed by atoms with Crippen LogP contribution in [0, 0.1) is 0 Å². The third kappa shape index (κ3) is 3.24. The fourth-order valence-electron chi connectivity index (χ4n) is 3.79. The van der Waals surface area contributed by atoms with Gasteiger partial charge in [0.1, 0.15) is 5.75 Å². The number of hydrogen-bond donors (Lipinski definition) is 4. The number of nitrogen functional groups attached to an aromatic ring is 1. The van der Waals surface area contributed by atoms with E-state index in [0.29, 0.717) is 11.7 Å². The zero-order valence-corrected chi connectivity index (χ0v) is 15.0. The quantitative estimate of drug-likeness (QED) is 0.534. The molecule has 2 aliphatic rings. The van der Waals surface area contributed by atoms with Gasteiger partial charge in [0.2, 0.25) is 0 Å². The van der Waals surface area contributed by atoms with Gasteiger partial charge in [-0.1, -0.05) is 0 Å². The summed E-state index contributed by atoms with van der Waals surface area (Å²) < 4.78 is 5.83. The van der Waals surface area contributed by atoms with Crippen LogP contribution in [0.3, 0.4) is 0 Å². The average molecular weight is 341 g/mol. The molecule has 1 saturated heterocycles. The van der Waals surface area contributed by atoms with Crippen molar-refractivity contribution < 1.29 is 4.74 Å². The first-order valence-corrected chi connectivity index (χ1v) is 9.21. The minimum absolute atomic E-state index is 0.117. The molecule has 0 amide bonds. The van der Waals surface area contributed by atoms with E-state index < -0.39 is 0 Å². The number of nitrogens with one attached hydrogen (secondary N) is 3. The number of nitrogens with two attached hydrogens (primary N) is 1. The SMILES string of the molecule is CC(C)Oc1cc2c(cc1N)-c1[nH]nc(CNC3CCNCC3)c1C2. The Hall–Kier alpha value is -2.05. The fourth-order valence-corrected chi connectivity index (χ4v) is 3.79. The first-order valence-electron chi connectivity index (χ1n) is 9.21. The van der Waals surface area contributed by atoms with Crippen LogP contribution in [0.4, 0.5) is 5.69 Å². The van der Waals surface area contributed by atoms with E-state index in [1.54, 1.807) is 0 Å². The van der Waals surface area contributed by atoms with Gasteiger partial charge in [-0.15, -0.1) is 0 Å². The summed E-state index contributed by atoms with van der Waals surface area (Å²) in [4.78, 5) is 0. The maximum Gasteiger partial charge on any atom is 0.142 e. The number of piperidine rings is 1. The number of anilines is 1. The third-order valence-corrected chi connectivity index (χ3v) is 5.08. The molecular weight excluding hydrogens is 314 g/mol. The minimum Gasteiger partial charge on any atom is -0.489 e. The molecule has 134 valence electrons. The van der Waals surface area contributed by atoms with Gasteiger partial charge in [0.25, 0.3) is 0 Å². The van der Waals surface area contributed by atoms with Gasteiger partial charge in [0, 0.05) is 30.1 Å². The zero-order chi connectivity index (χ0) is 17.4.